The minimum atomic E-state index is 0.435. The van der Waals surface area contributed by atoms with Crippen LogP contribution in [-0.4, -0.2) is 31.8 Å². The van der Waals surface area contributed by atoms with E-state index in [1.54, 1.807) is 0 Å². The average Bonchev–Trinajstić information content (AvgIpc) is 2.48. The Bertz CT molecular complexity index is 401. The number of fused-ring (bicyclic) bond motifs is 1. The highest BCUT2D eigenvalue weighted by atomic mass is 16.5. The summed E-state index contributed by atoms with van der Waals surface area (Å²) in [6, 6.07) is 9.30. The number of rotatable bonds is 4. The van der Waals surface area contributed by atoms with Crippen molar-refractivity contribution in [3.63, 3.8) is 0 Å². The molecule has 2 aliphatic heterocycles. The second-order valence-electron chi connectivity index (χ2n) is 5.70. The van der Waals surface area contributed by atoms with Gasteiger partial charge in [-0.2, -0.15) is 0 Å². The lowest BCUT2D eigenvalue weighted by molar-refractivity contribution is 0.0167. The van der Waals surface area contributed by atoms with Crippen LogP contribution in [0, 0.1) is 0 Å². The van der Waals surface area contributed by atoms with Crippen LogP contribution in [0.25, 0.3) is 0 Å². The molecule has 1 aromatic carbocycles. The van der Waals surface area contributed by atoms with Crippen molar-refractivity contribution in [2.75, 3.05) is 19.7 Å². The molecule has 1 fully saturated rings. The van der Waals surface area contributed by atoms with E-state index in [-0.39, 0.29) is 0 Å². The molecule has 3 rings (SSSR count). The minimum Gasteiger partial charge on any atom is -0.377 e. The number of nitrogens with one attached hydrogen (secondary N) is 2. The molecule has 0 aliphatic carbocycles. The highest BCUT2D eigenvalue weighted by molar-refractivity contribution is 5.29. The Labute approximate surface area is 115 Å². The van der Waals surface area contributed by atoms with Crippen LogP contribution in [0.15, 0.2) is 24.3 Å². The zero-order valence-electron chi connectivity index (χ0n) is 11.5. The van der Waals surface area contributed by atoms with Crippen molar-refractivity contribution in [3.8, 4) is 0 Å². The second kappa shape index (κ2) is 6.51. The third-order valence-electron chi connectivity index (χ3n) is 4.20. The van der Waals surface area contributed by atoms with E-state index in [0.29, 0.717) is 12.1 Å². The molecule has 104 valence electrons. The van der Waals surface area contributed by atoms with Crippen molar-refractivity contribution >= 4 is 0 Å². The van der Waals surface area contributed by atoms with Gasteiger partial charge in [0.25, 0.3) is 0 Å². The molecule has 2 heterocycles. The predicted octanol–water partition coefficient (Wildman–Crippen LogP) is 1.86. The summed E-state index contributed by atoms with van der Waals surface area (Å²) < 4.78 is 5.74. The van der Waals surface area contributed by atoms with E-state index in [9.17, 15) is 0 Å². The van der Waals surface area contributed by atoms with Crippen LogP contribution in [0.1, 0.15) is 30.4 Å². The van der Waals surface area contributed by atoms with E-state index < -0.39 is 0 Å². The maximum atomic E-state index is 5.74. The number of ether oxygens (including phenoxy) is 1. The first-order valence-electron chi connectivity index (χ1n) is 7.54. The highest BCUT2D eigenvalue weighted by Gasteiger charge is 2.18. The van der Waals surface area contributed by atoms with Crippen molar-refractivity contribution in [3.05, 3.63) is 35.4 Å². The summed E-state index contributed by atoms with van der Waals surface area (Å²) in [6.45, 7) is 3.98. The maximum absolute atomic E-state index is 5.74. The van der Waals surface area contributed by atoms with Crippen molar-refractivity contribution in [2.45, 2.75) is 44.4 Å². The molecule has 2 unspecified atom stereocenters. The van der Waals surface area contributed by atoms with Gasteiger partial charge in [0.05, 0.1) is 6.10 Å². The van der Waals surface area contributed by atoms with Crippen LogP contribution in [0.4, 0.5) is 0 Å². The van der Waals surface area contributed by atoms with Crippen molar-refractivity contribution in [1.29, 1.82) is 0 Å². The quantitative estimate of drug-likeness (QED) is 0.867. The van der Waals surface area contributed by atoms with Gasteiger partial charge >= 0.3 is 0 Å². The van der Waals surface area contributed by atoms with Gasteiger partial charge in [-0.3, -0.25) is 0 Å². The monoisotopic (exact) mass is 260 g/mol. The van der Waals surface area contributed by atoms with Gasteiger partial charge in [-0.15, -0.1) is 0 Å². The standard InChI is InChI=1S/C16H24N2O/c1-2-6-14-10-18-15(9-13(14)5-1)11-17-12-16-7-3-4-8-19-16/h1-2,5-6,15-18H,3-4,7-12H2. The largest absolute Gasteiger partial charge is 0.377 e. The second-order valence-corrected chi connectivity index (χ2v) is 5.70. The Hall–Kier alpha value is -0.900. The highest BCUT2D eigenvalue weighted by Crippen LogP contribution is 2.16. The van der Waals surface area contributed by atoms with Crippen LogP contribution in [0.5, 0.6) is 0 Å². The van der Waals surface area contributed by atoms with Crippen LogP contribution in [0.3, 0.4) is 0 Å². The first-order chi connectivity index (χ1) is 9.42. The molecule has 19 heavy (non-hydrogen) atoms. The molecule has 2 atom stereocenters. The summed E-state index contributed by atoms with van der Waals surface area (Å²) in [4.78, 5) is 0. The van der Waals surface area contributed by atoms with E-state index in [1.165, 1.54) is 30.4 Å². The van der Waals surface area contributed by atoms with E-state index in [0.717, 1.165) is 32.7 Å². The van der Waals surface area contributed by atoms with Crippen LogP contribution < -0.4 is 10.6 Å². The predicted molar refractivity (Wildman–Crippen MR) is 77.2 cm³/mol. The van der Waals surface area contributed by atoms with E-state index in [4.69, 9.17) is 4.74 Å². The lowest BCUT2D eigenvalue weighted by Crippen LogP contribution is -2.45. The molecule has 2 N–H and O–H groups in total. The van der Waals surface area contributed by atoms with E-state index >= 15 is 0 Å². The molecule has 0 aromatic heterocycles. The Morgan fingerprint density at radius 3 is 2.89 bits per heavy atom. The fourth-order valence-corrected chi connectivity index (χ4v) is 3.05. The molecule has 0 radical (unpaired) electrons. The SMILES string of the molecule is c1ccc2c(c1)CNC(CNCC1CCCCO1)C2. The summed E-state index contributed by atoms with van der Waals surface area (Å²) in [7, 11) is 0. The molecular weight excluding hydrogens is 236 g/mol. The molecule has 1 aromatic rings. The summed E-state index contributed by atoms with van der Waals surface area (Å²) >= 11 is 0. The fourth-order valence-electron chi connectivity index (χ4n) is 3.05. The molecule has 0 amide bonds. The lowest BCUT2D eigenvalue weighted by Gasteiger charge is -2.28. The fraction of sp³-hybridized carbons (Fsp3) is 0.625. The first kappa shape index (κ1) is 13.1. The van der Waals surface area contributed by atoms with Crippen LogP contribution >= 0.6 is 0 Å². The number of hydrogen-bond acceptors (Lipinski definition) is 3. The summed E-state index contributed by atoms with van der Waals surface area (Å²) in [5, 5.41) is 7.18. The average molecular weight is 260 g/mol. The van der Waals surface area contributed by atoms with Crippen LogP contribution in [-0.2, 0) is 17.7 Å². The Balaban J connectivity index is 1.42. The van der Waals surface area contributed by atoms with Gasteiger partial charge in [-0.1, -0.05) is 24.3 Å². The zero-order chi connectivity index (χ0) is 12.9. The van der Waals surface area contributed by atoms with Gasteiger partial charge < -0.3 is 15.4 Å². The Morgan fingerprint density at radius 1 is 1.16 bits per heavy atom. The van der Waals surface area contributed by atoms with Gasteiger partial charge in [-0.05, 0) is 36.8 Å². The number of hydrogen-bond donors (Lipinski definition) is 2. The number of benzene rings is 1. The van der Waals surface area contributed by atoms with Gasteiger partial charge in [0.2, 0.25) is 0 Å². The minimum absolute atomic E-state index is 0.435. The van der Waals surface area contributed by atoms with Crippen molar-refractivity contribution in [2.24, 2.45) is 0 Å². The molecule has 3 heteroatoms. The smallest absolute Gasteiger partial charge is 0.0699 e. The van der Waals surface area contributed by atoms with Gasteiger partial charge in [-0.25, -0.2) is 0 Å². The molecule has 3 nitrogen and oxygen atoms in total. The molecule has 0 saturated carbocycles. The van der Waals surface area contributed by atoms with Crippen molar-refractivity contribution < 1.29 is 4.74 Å². The molecule has 1 saturated heterocycles. The third kappa shape index (κ3) is 3.56. The molecule has 0 bridgehead atoms. The van der Waals surface area contributed by atoms with Gasteiger partial charge in [0.15, 0.2) is 0 Å². The van der Waals surface area contributed by atoms with Gasteiger partial charge in [0, 0.05) is 32.3 Å². The zero-order valence-corrected chi connectivity index (χ0v) is 11.5. The first-order valence-corrected chi connectivity index (χ1v) is 7.54. The lowest BCUT2D eigenvalue weighted by atomic mass is 9.96. The maximum Gasteiger partial charge on any atom is 0.0699 e. The van der Waals surface area contributed by atoms with E-state index in [2.05, 4.69) is 34.9 Å². The van der Waals surface area contributed by atoms with Gasteiger partial charge in [0.1, 0.15) is 0 Å². The van der Waals surface area contributed by atoms with E-state index in [1.807, 2.05) is 0 Å². The Morgan fingerprint density at radius 2 is 2.05 bits per heavy atom. The summed E-state index contributed by atoms with van der Waals surface area (Å²) in [5.41, 5.74) is 2.95. The Kier molecular flexibility index (Phi) is 4.49. The summed E-state index contributed by atoms with van der Waals surface area (Å²) in [6.07, 6.45) is 5.34. The molecule has 0 spiro atoms. The molecular formula is C16H24N2O. The summed E-state index contributed by atoms with van der Waals surface area (Å²) in [5.74, 6) is 0. The van der Waals surface area contributed by atoms with Crippen molar-refractivity contribution in [1.82, 2.24) is 10.6 Å². The third-order valence-corrected chi connectivity index (χ3v) is 4.20. The van der Waals surface area contributed by atoms with Crippen LogP contribution in [0.2, 0.25) is 0 Å². The topological polar surface area (TPSA) is 33.3 Å². The normalized spacial score (nSPS) is 26.9. The molecule has 2 aliphatic rings.